The third-order valence-corrected chi connectivity index (χ3v) is 4.87. The second-order valence-electron chi connectivity index (χ2n) is 4.64. The molecule has 1 heterocycles. The summed E-state index contributed by atoms with van der Waals surface area (Å²) in [7, 11) is -2.13. The number of nitriles is 1. The molecule has 2 rings (SSSR count). The van der Waals surface area contributed by atoms with Gasteiger partial charge in [0.2, 0.25) is 5.91 Å². The Morgan fingerprint density at radius 3 is 2.33 bits per heavy atom. The molecular formula is C13H13N3O4S. The topological polar surface area (TPSA) is 98.6 Å². The van der Waals surface area contributed by atoms with Crippen LogP contribution in [0, 0.1) is 11.3 Å². The van der Waals surface area contributed by atoms with Gasteiger partial charge in [-0.3, -0.25) is 9.69 Å². The van der Waals surface area contributed by atoms with Gasteiger partial charge in [-0.25, -0.2) is 13.2 Å². The third-order valence-electron chi connectivity index (χ3n) is 3.16. The molecule has 21 heavy (non-hydrogen) atoms. The summed E-state index contributed by atoms with van der Waals surface area (Å²) < 4.78 is 24.3. The van der Waals surface area contributed by atoms with Gasteiger partial charge in [0.1, 0.15) is 6.54 Å². The second-order valence-corrected chi connectivity index (χ2v) is 6.75. The van der Waals surface area contributed by atoms with E-state index in [9.17, 15) is 18.0 Å². The van der Waals surface area contributed by atoms with E-state index in [-0.39, 0.29) is 23.7 Å². The van der Waals surface area contributed by atoms with Crippen LogP contribution in [0.15, 0.2) is 29.2 Å². The fourth-order valence-electron chi connectivity index (χ4n) is 1.96. The lowest BCUT2D eigenvalue weighted by Crippen LogP contribution is -2.35. The van der Waals surface area contributed by atoms with Crippen LogP contribution in [-0.4, -0.2) is 56.0 Å². The maximum Gasteiger partial charge on any atom is 0.326 e. The lowest BCUT2D eigenvalue weighted by molar-refractivity contribution is -0.125. The molecule has 1 saturated heterocycles. The van der Waals surface area contributed by atoms with Crippen LogP contribution in [0.25, 0.3) is 0 Å². The fourth-order valence-corrected chi connectivity index (χ4v) is 3.16. The number of nitrogens with zero attached hydrogens (tertiary/aromatic N) is 3. The number of rotatable bonds is 4. The summed E-state index contributed by atoms with van der Waals surface area (Å²) >= 11 is 0. The van der Waals surface area contributed by atoms with E-state index < -0.39 is 21.8 Å². The molecule has 8 heteroatoms. The number of amides is 3. The van der Waals surface area contributed by atoms with Crippen molar-refractivity contribution in [2.45, 2.75) is 4.90 Å². The van der Waals surface area contributed by atoms with E-state index in [1.807, 2.05) is 6.07 Å². The fraction of sp³-hybridized carbons (Fsp3) is 0.308. The number of benzene rings is 1. The molecule has 0 spiro atoms. The average Bonchev–Trinajstić information content (AvgIpc) is 2.70. The first kappa shape index (κ1) is 15.0. The molecule has 1 aromatic rings. The minimum absolute atomic E-state index is 0.0320. The van der Waals surface area contributed by atoms with E-state index in [1.54, 1.807) is 0 Å². The Balaban J connectivity index is 2.09. The quantitative estimate of drug-likeness (QED) is 0.741. The molecule has 1 fully saturated rings. The van der Waals surface area contributed by atoms with Crippen LogP contribution in [0.2, 0.25) is 0 Å². The van der Waals surface area contributed by atoms with Gasteiger partial charge in [0.15, 0.2) is 9.84 Å². The molecule has 0 bridgehead atoms. The van der Waals surface area contributed by atoms with Crippen LogP contribution in [0.3, 0.4) is 0 Å². The number of hydrogen-bond acceptors (Lipinski definition) is 5. The molecule has 1 aliphatic heterocycles. The Labute approximate surface area is 122 Å². The molecule has 0 saturated carbocycles. The zero-order valence-corrected chi connectivity index (χ0v) is 12.1. The summed E-state index contributed by atoms with van der Waals surface area (Å²) in [5, 5.41) is 8.68. The number of carbonyl (C=O) groups is 2. The van der Waals surface area contributed by atoms with Crippen LogP contribution in [0.1, 0.15) is 5.56 Å². The molecule has 0 aromatic heterocycles. The molecular weight excluding hydrogens is 294 g/mol. The number of likely N-dealkylation sites (N-methyl/N-ethyl adjacent to an activating group) is 1. The number of urea groups is 1. The van der Waals surface area contributed by atoms with Gasteiger partial charge in [-0.2, -0.15) is 5.26 Å². The molecule has 0 N–H and O–H groups in total. The lowest BCUT2D eigenvalue weighted by Gasteiger charge is -2.14. The second kappa shape index (κ2) is 5.54. The van der Waals surface area contributed by atoms with E-state index in [0.717, 1.165) is 4.90 Å². The molecule has 0 atom stereocenters. The lowest BCUT2D eigenvalue weighted by atomic mass is 10.2. The van der Waals surface area contributed by atoms with Gasteiger partial charge < -0.3 is 4.90 Å². The van der Waals surface area contributed by atoms with Gasteiger partial charge >= 0.3 is 6.03 Å². The molecule has 1 aliphatic rings. The molecule has 0 aliphatic carbocycles. The van der Waals surface area contributed by atoms with Crippen LogP contribution in [-0.2, 0) is 14.6 Å². The number of hydrogen-bond donors (Lipinski definition) is 0. The van der Waals surface area contributed by atoms with Crippen molar-refractivity contribution in [2.24, 2.45) is 0 Å². The van der Waals surface area contributed by atoms with Crippen LogP contribution >= 0.6 is 0 Å². The Morgan fingerprint density at radius 1 is 1.24 bits per heavy atom. The zero-order chi connectivity index (χ0) is 15.6. The smallest absolute Gasteiger partial charge is 0.318 e. The normalized spacial score (nSPS) is 15.4. The minimum Gasteiger partial charge on any atom is -0.318 e. The van der Waals surface area contributed by atoms with Crippen molar-refractivity contribution in [1.29, 1.82) is 5.26 Å². The van der Waals surface area contributed by atoms with Crippen LogP contribution in [0.5, 0.6) is 0 Å². The first-order chi connectivity index (χ1) is 9.85. The largest absolute Gasteiger partial charge is 0.326 e. The van der Waals surface area contributed by atoms with E-state index in [4.69, 9.17) is 5.26 Å². The highest BCUT2D eigenvalue weighted by Crippen LogP contribution is 2.14. The average molecular weight is 307 g/mol. The Morgan fingerprint density at radius 2 is 1.86 bits per heavy atom. The Kier molecular flexibility index (Phi) is 3.95. The molecule has 110 valence electrons. The SMILES string of the molecule is CN1CC(=O)N(CCS(=O)(=O)c2ccc(C#N)cc2)C1=O. The van der Waals surface area contributed by atoms with Gasteiger partial charge in [-0.15, -0.1) is 0 Å². The van der Waals surface area contributed by atoms with E-state index in [1.165, 1.54) is 36.2 Å². The van der Waals surface area contributed by atoms with Crippen molar-refractivity contribution < 1.29 is 18.0 Å². The minimum atomic E-state index is -3.61. The molecule has 1 aromatic carbocycles. The van der Waals surface area contributed by atoms with Gasteiger partial charge in [0.05, 0.1) is 22.3 Å². The van der Waals surface area contributed by atoms with Crippen LogP contribution in [0.4, 0.5) is 4.79 Å². The number of sulfone groups is 1. The Hall–Kier alpha value is -2.40. The van der Waals surface area contributed by atoms with Crippen molar-refractivity contribution in [1.82, 2.24) is 9.80 Å². The number of carbonyl (C=O) groups excluding carboxylic acids is 2. The van der Waals surface area contributed by atoms with Crippen molar-refractivity contribution in [3.05, 3.63) is 29.8 Å². The molecule has 0 unspecified atom stereocenters. The summed E-state index contributed by atoms with van der Waals surface area (Å²) in [4.78, 5) is 25.4. The highest BCUT2D eigenvalue weighted by atomic mass is 32.2. The van der Waals surface area contributed by atoms with E-state index in [0.29, 0.717) is 5.56 Å². The zero-order valence-electron chi connectivity index (χ0n) is 11.3. The summed E-state index contributed by atoms with van der Waals surface area (Å²) in [6.45, 7) is -0.208. The van der Waals surface area contributed by atoms with Crippen molar-refractivity contribution in [2.75, 3.05) is 25.9 Å². The van der Waals surface area contributed by atoms with Gasteiger partial charge in [-0.1, -0.05) is 0 Å². The van der Waals surface area contributed by atoms with E-state index >= 15 is 0 Å². The van der Waals surface area contributed by atoms with Gasteiger partial charge in [0, 0.05) is 13.6 Å². The van der Waals surface area contributed by atoms with Crippen molar-refractivity contribution in [3.8, 4) is 6.07 Å². The Bertz CT molecular complexity index is 719. The van der Waals surface area contributed by atoms with Crippen molar-refractivity contribution >= 4 is 21.8 Å². The first-order valence-corrected chi connectivity index (χ1v) is 7.79. The monoisotopic (exact) mass is 307 g/mol. The predicted octanol–water partition coefficient (Wildman–Crippen LogP) is 0.226. The predicted molar refractivity (Wildman–Crippen MR) is 72.9 cm³/mol. The molecule has 0 radical (unpaired) electrons. The third kappa shape index (κ3) is 3.03. The molecule has 7 nitrogen and oxygen atoms in total. The summed E-state index contributed by atoms with van der Waals surface area (Å²) in [5.74, 6) is -0.748. The number of imide groups is 1. The van der Waals surface area contributed by atoms with Gasteiger partial charge in [0.25, 0.3) is 0 Å². The maximum absolute atomic E-state index is 12.1. The first-order valence-electron chi connectivity index (χ1n) is 6.13. The highest BCUT2D eigenvalue weighted by molar-refractivity contribution is 7.91. The van der Waals surface area contributed by atoms with Crippen molar-refractivity contribution in [3.63, 3.8) is 0 Å². The highest BCUT2D eigenvalue weighted by Gasteiger charge is 2.34. The maximum atomic E-state index is 12.1. The summed E-state index contributed by atoms with van der Waals surface area (Å²) in [6.07, 6.45) is 0. The molecule has 3 amide bonds. The summed E-state index contributed by atoms with van der Waals surface area (Å²) in [5.41, 5.74) is 0.362. The standard InChI is InChI=1S/C13H13N3O4S/c1-15-9-12(17)16(13(15)18)6-7-21(19,20)11-4-2-10(8-14)3-5-11/h2-5H,6-7,9H2,1H3. The van der Waals surface area contributed by atoms with Gasteiger partial charge in [-0.05, 0) is 24.3 Å². The van der Waals surface area contributed by atoms with Crippen LogP contribution < -0.4 is 0 Å². The van der Waals surface area contributed by atoms with E-state index in [2.05, 4.69) is 0 Å². The summed E-state index contributed by atoms with van der Waals surface area (Å²) in [6, 6.07) is 6.91.